The van der Waals surface area contributed by atoms with E-state index >= 15 is 0 Å². The highest BCUT2D eigenvalue weighted by Crippen LogP contribution is 2.08. The first kappa shape index (κ1) is 21.9. The third-order valence-corrected chi connectivity index (χ3v) is 3.34. The Kier molecular flexibility index (Phi) is 17.3. The van der Waals surface area contributed by atoms with Gasteiger partial charge >= 0.3 is 0 Å². The van der Waals surface area contributed by atoms with Crippen LogP contribution in [0.25, 0.3) is 0 Å². The van der Waals surface area contributed by atoms with Gasteiger partial charge in [0.15, 0.2) is 0 Å². The third kappa shape index (κ3) is 19.9. The van der Waals surface area contributed by atoms with Crippen molar-refractivity contribution in [3.05, 3.63) is 72.9 Å². The van der Waals surface area contributed by atoms with E-state index in [4.69, 9.17) is 0 Å². The van der Waals surface area contributed by atoms with Gasteiger partial charge in [0.1, 0.15) is 0 Å². The lowest BCUT2D eigenvalue weighted by atomic mass is 10.1. The number of aliphatic carboxylic acids is 1. The molecule has 0 unspecified atom stereocenters. The Morgan fingerprint density at radius 3 is 1.67 bits per heavy atom. The molecule has 0 fully saturated rings. The van der Waals surface area contributed by atoms with Crippen LogP contribution >= 0.6 is 0 Å². The van der Waals surface area contributed by atoms with E-state index in [1.165, 1.54) is 51.0 Å². The summed E-state index contributed by atoms with van der Waals surface area (Å²) in [5.74, 6) is -1.19. The number of hydrogen-bond acceptors (Lipinski definition) is 2. The molecule has 0 spiro atoms. The first-order valence-electron chi connectivity index (χ1n) is 8.98. The van der Waals surface area contributed by atoms with Crippen molar-refractivity contribution >= 4 is 5.97 Å². The number of carbonyl (C=O) groups excluding carboxylic acids is 1. The van der Waals surface area contributed by atoms with Gasteiger partial charge in [0.25, 0.3) is 0 Å². The Morgan fingerprint density at radius 2 is 1.12 bits per heavy atom. The highest BCUT2D eigenvalue weighted by molar-refractivity contribution is 5.77. The van der Waals surface area contributed by atoms with Crippen LogP contribution in [0.5, 0.6) is 0 Å². The Labute approximate surface area is 147 Å². The summed E-state index contributed by atoms with van der Waals surface area (Å²) in [7, 11) is 0. The highest BCUT2D eigenvalue weighted by atomic mass is 16.4. The van der Waals surface area contributed by atoms with Crippen molar-refractivity contribution in [2.45, 2.75) is 58.3 Å². The number of allylic oxidation sites excluding steroid dienone is 11. The minimum atomic E-state index is -1.19. The van der Waals surface area contributed by atoms with E-state index in [1.54, 1.807) is 12.2 Å². The molecule has 0 saturated heterocycles. The molecule has 24 heavy (non-hydrogen) atoms. The molecule has 132 valence electrons. The Hall–Kier alpha value is -2.09. The Morgan fingerprint density at radius 1 is 0.667 bits per heavy atom. The summed E-state index contributed by atoms with van der Waals surface area (Å²) >= 11 is 0. The molecule has 0 atom stereocenters. The zero-order chi connectivity index (χ0) is 17.7. The van der Waals surface area contributed by atoms with Gasteiger partial charge in [-0.2, -0.15) is 0 Å². The first-order chi connectivity index (χ1) is 11.8. The average molecular weight is 327 g/mol. The van der Waals surface area contributed by atoms with E-state index in [-0.39, 0.29) is 0 Å². The van der Waals surface area contributed by atoms with Crippen LogP contribution in [-0.4, -0.2) is 5.97 Å². The molecular weight excluding hydrogens is 296 g/mol. The van der Waals surface area contributed by atoms with Crippen LogP contribution in [-0.2, 0) is 4.79 Å². The van der Waals surface area contributed by atoms with Gasteiger partial charge in [-0.15, -0.1) is 0 Å². The average Bonchev–Trinajstić information content (AvgIpc) is 2.56. The first-order valence-corrected chi connectivity index (χ1v) is 8.98. The maximum atomic E-state index is 10.1. The van der Waals surface area contributed by atoms with Crippen molar-refractivity contribution in [2.24, 2.45) is 0 Å². The minimum absolute atomic E-state index is 0.988. The third-order valence-electron chi connectivity index (χ3n) is 3.34. The van der Waals surface area contributed by atoms with E-state index < -0.39 is 5.97 Å². The van der Waals surface area contributed by atoms with E-state index in [1.807, 2.05) is 36.5 Å². The fourth-order valence-electron chi connectivity index (χ4n) is 2.04. The number of carboxylic acid groups (broad SMARTS) is 1. The normalized spacial score (nSPS) is 13.0. The summed E-state index contributed by atoms with van der Waals surface area (Å²) in [5.41, 5.74) is 0. The number of carbonyl (C=O) groups is 1. The molecule has 0 aromatic carbocycles. The van der Waals surface area contributed by atoms with Gasteiger partial charge in [-0.25, -0.2) is 0 Å². The van der Waals surface area contributed by atoms with Crippen LogP contribution in [0.1, 0.15) is 58.3 Å². The molecule has 0 aromatic heterocycles. The number of hydrogen-bond donors (Lipinski definition) is 0. The summed E-state index contributed by atoms with van der Waals surface area (Å²) in [6.45, 7) is 2.25. The fraction of sp³-hybridized carbons (Fsp3) is 0.409. The molecule has 0 N–H and O–H groups in total. The van der Waals surface area contributed by atoms with Crippen molar-refractivity contribution in [3.8, 4) is 0 Å². The standard InChI is InChI=1S/C22H32O2/c1-2-3-4-5-6-7-8-9-10-11-12-13-14-15-16-17-18-19-20-21-22(23)24/h10-21H,2-9H2,1H3,(H,23,24)/p-1/b11-10-,13-12-,15-14-,17-16-,19-18-,21-20-. The lowest BCUT2D eigenvalue weighted by molar-refractivity contribution is -0.297. The molecule has 0 radical (unpaired) electrons. The van der Waals surface area contributed by atoms with Crippen LogP contribution in [0, 0.1) is 0 Å². The SMILES string of the molecule is CCCCCCCCC\C=C/C=C\C=C/C=C\C=C/C=C\C(=O)[O-]. The van der Waals surface area contributed by atoms with E-state index in [9.17, 15) is 9.90 Å². The van der Waals surface area contributed by atoms with Gasteiger partial charge < -0.3 is 9.90 Å². The molecule has 0 aliphatic carbocycles. The van der Waals surface area contributed by atoms with Crippen molar-refractivity contribution in [1.29, 1.82) is 0 Å². The van der Waals surface area contributed by atoms with Crippen molar-refractivity contribution in [1.82, 2.24) is 0 Å². The minimum Gasteiger partial charge on any atom is -0.545 e. The van der Waals surface area contributed by atoms with Gasteiger partial charge in [0.05, 0.1) is 5.97 Å². The lowest BCUT2D eigenvalue weighted by Gasteiger charge is -1.98. The molecule has 0 aliphatic rings. The Bertz CT molecular complexity index is 462. The molecular formula is C22H31O2-. The molecule has 0 aliphatic heterocycles. The number of unbranched alkanes of at least 4 members (excludes halogenated alkanes) is 7. The highest BCUT2D eigenvalue weighted by Gasteiger charge is 1.88. The topological polar surface area (TPSA) is 40.1 Å². The lowest BCUT2D eigenvalue weighted by Crippen LogP contribution is -2.18. The van der Waals surface area contributed by atoms with Gasteiger partial charge in [-0.05, 0) is 18.9 Å². The molecule has 0 amide bonds. The molecule has 0 saturated carbocycles. The summed E-state index contributed by atoms with van der Waals surface area (Å²) in [4.78, 5) is 10.1. The van der Waals surface area contributed by atoms with Gasteiger partial charge in [-0.3, -0.25) is 0 Å². The predicted molar refractivity (Wildman–Crippen MR) is 102 cm³/mol. The smallest absolute Gasteiger partial charge is 0.0642 e. The van der Waals surface area contributed by atoms with Crippen LogP contribution < -0.4 is 5.11 Å². The second kappa shape index (κ2) is 19.0. The Balaban J connectivity index is 3.57. The van der Waals surface area contributed by atoms with Crippen LogP contribution in [0.4, 0.5) is 0 Å². The maximum absolute atomic E-state index is 10.1. The zero-order valence-corrected chi connectivity index (χ0v) is 14.9. The van der Waals surface area contributed by atoms with Gasteiger partial charge in [0, 0.05) is 0 Å². The van der Waals surface area contributed by atoms with Crippen molar-refractivity contribution in [3.63, 3.8) is 0 Å². The summed E-state index contributed by atoms with van der Waals surface area (Å²) < 4.78 is 0. The monoisotopic (exact) mass is 327 g/mol. The maximum Gasteiger partial charge on any atom is 0.0642 e. The van der Waals surface area contributed by atoms with Crippen LogP contribution in [0.15, 0.2) is 72.9 Å². The number of rotatable bonds is 14. The predicted octanol–water partition coefficient (Wildman–Crippen LogP) is 5.21. The van der Waals surface area contributed by atoms with Crippen LogP contribution in [0.3, 0.4) is 0 Å². The molecule has 2 heteroatoms. The molecule has 0 heterocycles. The van der Waals surface area contributed by atoms with Gasteiger partial charge in [-0.1, -0.05) is 112 Å². The van der Waals surface area contributed by atoms with Gasteiger partial charge in [0.2, 0.25) is 0 Å². The van der Waals surface area contributed by atoms with E-state index in [0.717, 1.165) is 12.5 Å². The molecule has 0 rings (SSSR count). The van der Waals surface area contributed by atoms with Crippen molar-refractivity contribution in [2.75, 3.05) is 0 Å². The second-order valence-corrected chi connectivity index (χ2v) is 5.56. The van der Waals surface area contributed by atoms with E-state index in [0.29, 0.717) is 0 Å². The quantitative estimate of drug-likeness (QED) is 0.249. The van der Waals surface area contributed by atoms with E-state index in [2.05, 4.69) is 19.1 Å². The molecule has 0 bridgehead atoms. The second-order valence-electron chi connectivity index (χ2n) is 5.56. The number of carboxylic acids is 1. The summed E-state index contributed by atoms with van der Waals surface area (Å²) in [5, 5.41) is 10.1. The largest absolute Gasteiger partial charge is 0.545 e. The molecule has 2 nitrogen and oxygen atoms in total. The molecule has 0 aromatic rings. The zero-order valence-electron chi connectivity index (χ0n) is 14.9. The van der Waals surface area contributed by atoms with Crippen molar-refractivity contribution < 1.29 is 9.90 Å². The fourth-order valence-corrected chi connectivity index (χ4v) is 2.04. The van der Waals surface area contributed by atoms with Crippen LogP contribution in [0.2, 0.25) is 0 Å². The summed E-state index contributed by atoms with van der Waals surface area (Å²) in [6.07, 6.45) is 32.4. The summed E-state index contributed by atoms with van der Waals surface area (Å²) in [6, 6.07) is 0.